The highest BCUT2D eigenvalue weighted by Gasteiger charge is 2.24. The van der Waals surface area contributed by atoms with Crippen LogP contribution in [0.5, 0.6) is 0 Å². The van der Waals surface area contributed by atoms with Crippen LogP contribution in [0, 0.1) is 0 Å². The summed E-state index contributed by atoms with van der Waals surface area (Å²) in [6.07, 6.45) is 19.8. The Bertz CT molecular complexity index is 468. The van der Waals surface area contributed by atoms with E-state index in [-0.39, 0.29) is 39.0 Å². The zero-order valence-corrected chi connectivity index (χ0v) is 21.4. The van der Waals surface area contributed by atoms with Crippen molar-refractivity contribution in [3.63, 3.8) is 0 Å². The van der Waals surface area contributed by atoms with E-state index in [9.17, 15) is 9.59 Å². The molecule has 0 aromatic carbocycles. The second kappa shape index (κ2) is 22.6. The summed E-state index contributed by atoms with van der Waals surface area (Å²) in [4.78, 5) is 23.4. The summed E-state index contributed by atoms with van der Waals surface area (Å²) in [7, 11) is 0. The lowest BCUT2D eigenvalue weighted by Gasteiger charge is -2.25. The van der Waals surface area contributed by atoms with Crippen molar-refractivity contribution in [3.05, 3.63) is 0 Å². The van der Waals surface area contributed by atoms with E-state index in [1.165, 1.54) is 90.4 Å². The first-order chi connectivity index (χ1) is 16.0. The molecule has 3 N–H and O–H groups in total. The third kappa shape index (κ3) is 21.1. The van der Waals surface area contributed by atoms with E-state index >= 15 is 0 Å². The minimum Gasteiger partial charge on any atom is -0.463 e. The van der Waals surface area contributed by atoms with Crippen molar-refractivity contribution in [1.29, 1.82) is 0 Å². The lowest BCUT2D eigenvalue weighted by molar-refractivity contribution is -0.145. The molecule has 0 atom stereocenters. The molecule has 196 valence electrons. The Balaban J connectivity index is 3.36. The van der Waals surface area contributed by atoms with Crippen LogP contribution in [0.4, 0.5) is 0 Å². The second-order valence-electron chi connectivity index (χ2n) is 9.40. The number of hydrogen-bond donors (Lipinski definition) is 3. The van der Waals surface area contributed by atoms with Gasteiger partial charge in [0, 0.05) is 6.42 Å². The topological polar surface area (TPSA) is 105 Å². The van der Waals surface area contributed by atoms with Crippen molar-refractivity contribution in [2.75, 3.05) is 33.0 Å². The van der Waals surface area contributed by atoms with Crippen LogP contribution in [0.3, 0.4) is 0 Å². The summed E-state index contributed by atoms with van der Waals surface area (Å²) in [6, 6.07) is 0. The largest absolute Gasteiger partial charge is 0.463 e. The summed E-state index contributed by atoms with van der Waals surface area (Å²) < 4.78 is 10.3. The Morgan fingerprint density at radius 3 is 1.64 bits per heavy atom. The maximum absolute atomic E-state index is 11.7. The number of carbonyl (C=O) groups excluding carboxylic acids is 2. The van der Waals surface area contributed by atoms with Crippen LogP contribution in [-0.4, -0.2) is 60.7 Å². The number of aliphatic hydroxyl groups is 2. The molecule has 0 heterocycles. The van der Waals surface area contributed by atoms with Crippen molar-refractivity contribution in [1.82, 2.24) is 5.32 Å². The molecule has 33 heavy (non-hydrogen) atoms. The summed E-state index contributed by atoms with van der Waals surface area (Å²) in [5.74, 6) is -0.671. The van der Waals surface area contributed by atoms with Gasteiger partial charge in [0.1, 0.15) is 13.2 Å². The Kier molecular flexibility index (Phi) is 21.8. The van der Waals surface area contributed by atoms with Crippen molar-refractivity contribution >= 4 is 11.9 Å². The van der Waals surface area contributed by atoms with Gasteiger partial charge < -0.3 is 25.0 Å². The highest BCUT2D eigenvalue weighted by atomic mass is 16.6. The van der Waals surface area contributed by atoms with Crippen molar-refractivity contribution in [2.24, 2.45) is 0 Å². The fourth-order valence-electron chi connectivity index (χ4n) is 3.59. The van der Waals surface area contributed by atoms with Crippen LogP contribution in [0.25, 0.3) is 0 Å². The number of rotatable bonds is 24. The van der Waals surface area contributed by atoms with Gasteiger partial charge in [-0.15, -0.1) is 0 Å². The molecule has 7 heteroatoms. The average Bonchev–Trinajstić information content (AvgIpc) is 2.81. The highest BCUT2D eigenvalue weighted by Crippen LogP contribution is 2.13. The molecule has 0 rings (SSSR count). The zero-order chi connectivity index (χ0) is 24.6. The van der Waals surface area contributed by atoms with Gasteiger partial charge in [0.25, 0.3) is 0 Å². The Morgan fingerprint density at radius 2 is 1.18 bits per heavy atom. The highest BCUT2D eigenvalue weighted by molar-refractivity contribution is 5.78. The van der Waals surface area contributed by atoms with Crippen molar-refractivity contribution < 1.29 is 29.3 Å². The molecule has 0 aliphatic carbocycles. The molecular formula is C26H51NO6. The minimum atomic E-state index is -1.07. The van der Waals surface area contributed by atoms with E-state index in [0.29, 0.717) is 6.42 Å². The van der Waals surface area contributed by atoms with Crippen LogP contribution in [0.2, 0.25) is 0 Å². The smallest absolute Gasteiger partial charge is 0.305 e. The molecule has 0 aromatic heterocycles. The van der Waals surface area contributed by atoms with Crippen LogP contribution < -0.4 is 5.32 Å². The SMILES string of the molecule is CCCCCCCCCCCCCCCCCC(=O)OCCOCC(=O)NC(C)(CO)CO. The van der Waals surface area contributed by atoms with Gasteiger partial charge in [0.2, 0.25) is 5.91 Å². The lowest BCUT2D eigenvalue weighted by atomic mass is 10.0. The van der Waals surface area contributed by atoms with Gasteiger partial charge in [-0.3, -0.25) is 9.59 Å². The van der Waals surface area contributed by atoms with Crippen LogP contribution >= 0.6 is 0 Å². The standard InChI is InChI=1S/C26H51NO6/c1-3-4-5-6-7-8-9-10-11-12-13-14-15-16-17-18-25(31)33-20-19-32-21-24(30)27-26(2,22-28)23-29/h28-29H,3-23H2,1-2H3,(H,27,30). The maximum atomic E-state index is 11.7. The first kappa shape index (κ1) is 31.8. The van der Waals surface area contributed by atoms with Gasteiger partial charge in [-0.25, -0.2) is 0 Å². The van der Waals surface area contributed by atoms with E-state index in [2.05, 4.69) is 12.2 Å². The van der Waals surface area contributed by atoms with Gasteiger partial charge in [0.15, 0.2) is 0 Å². The third-order valence-corrected chi connectivity index (χ3v) is 5.85. The number of amides is 1. The quantitative estimate of drug-likeness (QED) is 0.139. The molecular weight excluding hydrogens is 422 g/mol. The number of esters is 1. The summed E-state index contributed by atoms with van der Waals surface area (Å²) >= 11 is 0. The second-order valence-corrected chi connectivity index (χ2v) is 9.40. The van der Waals surface area contributed by atoms with Crippen LogP contribution in [0.15, 0.2) is 0 Å². The number of unbranched alkanes of at least 4 members (excludes halogenated alkanes) is 14. The van der Waals surface area contributed by atoms with E-state index in [4.69, 9.17) is 19.7 Å². The predicted octanol–water partition coefficient (Wildman–Crippen LogP) is 4.67. The molecule has 0 saturated heterocycles. The summed E-state index contributed by atoms with van der Waals surface area (Å²) in [5, 5.41) is 20.8. The molecule has 0 fully saturated rings. The van der Waals surface area contributed by atoms with E-state index in [1.54, 1.807) is 0 Å². The third-order valence-electron chi connectivity index (χ3n) is 5.85. The fraction of sp³-hybridized carbons (Fsp3) is 0.923. The normalized spacial score (nSPS) is 11.5. The van der Waals surface area contributed by atoms with Gasteiger partial charge >= 0.3 is 5.97 Å². The van der Waals surface area contributed by atoms with Crippen molar-refractivity contribution in [2.45, 2.75) is 122 Å². The van der Waals surface area contributed by atoms with E-state index in [1.807, 2.05) is 0 Å². The molecule has 0 aliphatic heterocycles. The Hall–Kier alpha value is -1.18. The number of hydrogen-bond acceptors (Lipinski definition) is 6. The number of nitrogens with one attached hydrogen (secondary N) is 1. The first-order valence-corrected chi connectivity index (χ1v) is 13.2. The molecule has 0 bridgehead atoms. The lowest BCUT2D eigenvalue weighted by Crippen LogP contribution is -2.52. The summed E-state index contributed by atoms with van der Waals surface area (Å²) in [6.45, 7) is 3.08. The van der Waals surface area contributed by atoms with Gasteiger partial charge in [-0.05, 0) is 13.3 Å². The molecule has 0 aliphatic rings. The molecule has 0 spiro atoms. The molecule has 0 aromatic rings. The average molecular weight is 474 g/mol. The number of carbonyl (C=O) groups is 2. The van der Waals surface area contributed by atoms with Crippen LogP contribution in [-0.2, 0) is 19.1 Å². The van der Waals surface area contributed by atoms with Gasteiger partial charge in [-0.2, -0.15) is 0 Å². The van der Waals surface area contributed by atoms with Crippen LogP contribution in [0.1, 0.15) is 117 Å². The predicted molar refractivity (Wildman–Crippen MR) is 132 cm³/mol. The number of ether oxygens (including phenoxy) is 2. The monoisotopic (exact) mass is 473 g/mol. The zero-order valence-electron chi connectivity index (χ0n) is 21.4. The summed E-state index contributed by atoms with van der Waals surface area (Å²) in [5.41, 5.74) is -1.07. The Morgan fingerprint density at radius 1 is 0.727 bits per heavy atom. The van der Waals surface area contributed by atoms with E-state index < -0.39 is 11.4 Å². The molecule has 0 saturated carbocycles. The minimum absolute atomic E-state index is 0.113. The van der Waals surface area contributed by atoms with Gasteiger partial charge in [-0.1, -0.05) is 96.8 Å². The molecule has 1 amide bonds. The van der Waals surface area contributed by atoms with Crippen molar-refractivity contribution in [3.8, 4) is 0 Å². The first-order valence-electron chi connectivity index (χ1n) is 13.2. The molecule has 7 nitrogen and oxygen atoms in total. The molecule has 0 radical (unpaired) electrons. The fourth-order valence-corrected chi connectivity index (χ4v) is 3.59. The van der Waals surface area contributed by atoms with E-state index in [0.717, 1.165) is 12.8 Å². The number of aliphatic hydroxyl groups excluding tert-OH is 2. The van der Waals surface area contributed by atoms with Gasteiger partial charge in [0.05, 0.1) is 25.4 Å². The molecule has 0 unspecified atom stereocenters. The maximum Gasteiger partial charge on any atom is 0.305 e. The Labute approximate surface area is 202 Å².